The Hall–Kier alpha value is -2.48. The Kier molecular flexibility index (Phi) is 3.77. The van der Waals surface area contributed by atoms with Crippen LogP contribution in [0.3, 0.4) is 0 Å². The van der Waals surface area contributed by atoms with Crippen LogP contribution in [0.15, 0.2) is 39.3 Å². The van der Waals surface area contributed by atoms with E-state index in [0.29, 0.717) is 11.1 Å². The van der Waals surface area contributed by atoms with Crippen molar-refractivity contribution in [1.29, 1.82) is 0 Å². The summed E-state index contributed by atoms with van der Waals surface area (Å²) in [5.41, 5.74) is 1.000. The molecule has 2 heterocycles. The minimum atomic E-state index is -3.19. The summed E-state index contributed by atoms with van der Waals surface area (Å²) in [6, 6.07) is 7.71. The fraction of sp³-hybridized carbons (Fsp3) is 0.200. The first-order chi connectivity index (χ1) is 10.8. The first-order valence-electron chi connectivity index (χ1n) is 6.69. The van der Waals surface area contributed by atoms with Crippen LogP contribution in [0.4, 0.5) is 4.39 Å². The van der Waals surface area contributed by atoms with Gasteiger partial charge in [-0.1, -0.05) is 17.3 Å². The summed E-state index contributed by atoms with van der Waals surface area (Å²) in [4.78, 5) is 4.14. The summed E-state index contributed by atoms with van der Waals surface area (Å²) < 4.78 is 46.6. The van der Waals surface area contributed by atoms with Gasteiger partial charge in [-0.3, -0.25) is 0 Å². The van der Waals surface area contributed by atoms with Gasteiger partial charge in [-0.25, -0.2) is 12.8 Å². The molecule has 0 amide bonds. The molecular formula is C15H13FN2O4S. The minimum Gasteiger partial charge on any atom is -0.455 e. The lowest BCUT2D eigenvalue weighted by Crippen LogP contribution is -1.98. The van der Waals surface area contributed by atoms with Gasteiger partial charge < -0.3 is 8.94 Å². The number of sulfone groups is 1. The van der Waals surface area contributed by atoms with E-state index in [0.717, 1.165) is 6.26 Å². The van der Waals surface area contributed by atoms with Gasteiger partial charge in [-0.05, 0) is 30.7 Å². The predicted octanol–water partition coefficient (Wildman–Crippen LogP) is 2.99. The molecule has 8 heteroatoms. The van der Waals surface area contributed by atoms with E-state index >= 15 is 0 Å². The maximum atomic E-state index is 13.6. The average Bonchev–Trinajstić information content (AvgIpc) is 3.08. The van der Waals surface area contributed by atoms with E-state index in [1.54, 1.807) is 25.1 Å². The molecule has 0 atom stereocenters. The monoisotopic (exact) mass is 336 g/mol. The van der Waals surface area contributed by atoms with E-state index in [-0.39, 0.29) is 34.8 Å². The molecule has 3 aromatic rings. The summed E-state index contributed by atoms with van der Waals surface area (Å²) >= 11 is 0. The van der Waals surface area contributed by atoms with Gasteiger partial charge in [-0.2, -0.15) is 4.98 Å². The van der Waals surface area contributed by atoms with Crippen LogP contribution in [0.5, 0.6) is 0 Å². The molecule has 0 bridgehead atoms. The molecule has 0 spiro atoms. The topological polar surface area (TPSA) is 86.2 Å². The molecule has 1 aromatic carbocycles. The summed E-state index contributed by atoms with van der Waals surface area (Å²) in [5, 5.41) is 3.79. The molecule has 0 aliphatic carbocycles. The fourth-order valence-electron chi connectivity index (χ4n) is 2.00. The molecule has 0 aliphatic rings. The van der Waals surface area contributed by atoms with Crippen molar-refractivity contribution in [2.45, 2.75) is 12.7 Å². The predicted molar refractivity (Wildman–Crippen MR) is 80.7 cm³/mol. The highest BCUT2D eigenvalue weighted by atomic mass is 32.2. The van der Waals surface area contributed by atoms with Gasteiger partial charge in [0.25, 0.3) is 5.89 Å². The van der Waals surface area contributed by atoms with Gasteiger partial charge in [0.05, 0.1) is 0 Å². The van der Waals surface area contributed by atoms with Crippen LogP contribution in [0.25, 0.3) is 23.0 Å². The van der Waals surface area contributed by atoms with Crippen LogP contribution in [-0.4, -0.2) is 24.8 Å². The molecule has 3 rings (SSSR count). The zero-order chi connectivity index (χ0) is 16.6. The molecule has 0 N–H and O–H groups in total. The van der Waals surface area contributed by atoms with Crippen molar-refractivity contribution in [2.75, 3.05) is 6.26 Å². The van der Waals surface area contributed by atoms with Crippen molar-refractivity contribution in [2.24, 2.45) is 0 Å². The van der Waals surface area contributed by atoms with Crippen molar-refractivity contribution in [3.63, 3.8) is 0 Å². The van der Waals surface area contributed by atoms with Gasteiger partial charge in [0, 0.05) is 11.8 Å². The number of hydrogen-bond acceptors (Lipinski definition) is 6. The molecule has 23 heavy (non-hydrogen) atoms. The summed E-state index contributed by atoms with van der Waals surface area (Å²) in [7, 11) is -3.19. The third-order valence-corrected chi connectivity index (χ3v) is 3.94. The normalized spacial score (nSPS) is 11.8. The third-order valence-electron chi connectivity index (χ3n) is 3.13. The molecule has 0 saturated heterocycles. The number of aryl methyl sites for hydroxylation is 1. The largest absolute Gasteiger partial charge is 0.455 e. The molecule has 6 nitrogen and oxygen atoms in total. The Balaban J connectivity index is 1.88. The number of furan rings is 1. The van der Waals surface area contributed by atoms with Crippen LogP contribution in [0.1, 0.15) is 11.3 Å². The second-order valence-electron chi connectivity index (χ2n) is 5.22. The molecule has 0 fully saturated rings. The Bertz CT molecular complexity index is 960. The van der Waals surface area contributed by atoms with E-state index in [2.05, 4.69) is 10.1 Å². The second kappa shape index (κ2) is 5.62. The van der Waals surface area contributed by atoms with Crippen molar-refractivity contribution < 1.29 is 21.7 Å². The Labute approximate surface area is 131 Å². The number of hydrogen-bond donors (Lipinski definition) is 0. The molecular weight excluding hydrogens is 323 g/mol. The van der Waals surface area contributed by atoms with E-state index in [4.69, 9.17) is 8.94 Å². The second-order valence-corrected chi connectivity index (χ2v) is 7.36. The summed E-state index contributed by atoms with van der Waals surface area (Å²) in [6.45, 7) is 1.66. The fourth-order valence-corrected chi connectivity index (χ4v) is 2.67. The van der Waals surface area contributed by atoms with Gasteiger partial charge in [0.1, 0.15) is 17.3 Å². The number of halogens is 1. The molecule has 0 unspecified atom stereocenters. The highest BCUT2D eigenvalue weighted by molar-refractivity contribution is 7.89. The van der Waals surface area contributed by atoms with Crippen molar-refractivity contribution in [3.05, 3.63) is 47.5 Å². The van der Waals surface area contributed by atoms with E-state index in [1.165, 1.54) is 12.1 Å². The van der Waals surface area contributed by atoms with Crippen molar-refractivity contribution in [3.8, 4) is 23.0 Å². The highest BCUT2D eigenvalue weighted by Gasteiger charge is 2.16. The van der Waals surface area contributed by atoms with Crippen molar-refractivity contribution in [1.82, 2.24) is 10.1 Å². The minimum absolute atomic E-state index is 0.0979. The quantitative estimate of drug-likeness (QED) is 0.728. The highest BCUT2D eigenvalue weighted by Crippen LogP contribution is 2.25. The lowest BCUT2D eigenvalue weighted by atomic mass is 10.1. The average molecular weight is 336 g/mol. The van der Waals surface area contributed by atoms with Crippen LogP contribution in [0.2, 0.25) is 0 Å². The first-order valence-corrected chi connectivity index (χ1v) is 8.75. The van der Waals surface area contributed by atoms with Crippen LogP contribution in [0, 0.1) is 12.7 Å². The zero-order valence-corrected chi connectivity index (χ0v) is 13.2. The van der Waals surface area contributed by atoms with Crippen molar-refractivity contribution >= 4 is 9.84 Å². The third kappa shape index (κ3) is 3.48. The number of rotatable bonds is 4. The lowest BCUT2D eigenvalue weighted by Gasteiger charge is -1.97. The molecule has 120 valence electrons. The Morgan fingerprint density at radius 1 is 1.22 bits per heavy atom. The Morgan fingerprint density at radius 3 is 2.70 bits per heavy atom. The van der Waals surface area contributed by atoms with E-state index in [1.807, 2.05) is 0 Å². The zero-order valence-electron chi connectivity index (χ0n) is 12.4. The van der Waals surface area contributed by atoms with Gasteiger partial charge in [0.15, 0.2) is 15.6 Å². The van der Waals surface area contributed by atoms with E-state index in [9.17, 15) is 12.8 Å². The lowest BCUT2D eigenvalue weighted by molar-refractivity contribution is 0.413. The Morgan fingerprint density at radius 2 is 2.00 bits per heavy atom. The van der Waals surface area contributed by atoms with Gasteiger partial charge in [0.2, 0.25) is 5.82 Å². The number of aromatic nitrogens is 2. The summed E-state index contributed by atoms with van der Waals surface area (Å²) in [5.74, 6) is 0.290. The maximum Gasteiger partial charge on any atom is 0.293 e. The van der Waals surface area contributed by atoms with Crippen LogP contribution >= 0.6 is 0 Å². The van der Waals surface area contributed by atoms with Crippen LogP contribution in [-0.2, 0) is 15.6 Å². The number of benzene rings is 1. The SMILES string of the molecule is Cc1ccc(-c2noc(-c3ccc(CS(C)(=O)=O)o3)n2)cc1F. The van der Waals surface area contributed by atoms with Crippen LogP contribution < -0.4 is 0 Å². The summed E-state index contributed by atoms with van der Waals surface area (Å²) in [6.07, 6.45) is 1.12. The van der Waals surface area contributed by atoms with Gasteiger partial charge >= 0.3 is 0 Å². The molecule has 0 radical (unpaired) electrons. The number of nitrogens with zero attached hydrogens (tertiary/aromatic N) is 2. The first kappa shape index (κ1) is 15.4. The maximum absolute atomic E-state index is 13.6. The van der Waals surface area contributed by atoms with Gasteiger partial charge in [-0.15, -0.1) is 0 Å². The van der Waals surface area contributed by atoms with E-state index < -0.39 is 9.84 Å². The smallest absolute Gasteiger partial charge is 0.293 e. The molecule has 0 aliphatic heterocycles. The molecule has 2 aromatic heterocycles. The molecule has 0 saturated carbocycles. The standard InChI is InChI=1S/C15H13FN2O4S/c1-9-3-4-10(7-12(9)16)14-17-15(22-18-14)13-6-5-11(21-13)8-23(2,19)20/h3-7H,8H2,1-2H3.